The van der Waals surface area contributed by atoms with Gasteiger partial charge in [0.25, 0.3) is 0 Å². The lowest BCUT2D eigenvalue weighted by molar-refractivity contribution is 0.0690. The topological polar surface area (TPSA) is 83.5 Å². The van der Waals surface area contributed by atoms with E-state index < -0.39 is 38.1 Å². The highest BCUT2D eigenvalue weighted by molar-refractivity contribution is 7.89. The number of carboxylic acid groups (broad SMARTS) is 1. The fourth-order valence-corrected chi connectivity index (χ4v) is 3.13. The number of hydrogen-bond acceptors (Lipinski definition) is 3. The SMILES string of the molecule is O=C(O)c1cc(S(=O)(=O)NCCc2ccc(Cl)cc2)cc(F)c1F. The zero-order valence-electron chi connectivity index (χ0n) is 12.1. The van der Waals surface area contributed by atoms with Gasteiger partial charge in [-0.25, -0.2) is 26.7 Å². The van der Waals surface area contributed by atoms with Crippen molar-refractivity contribution in [3.05, 3.63) is 64.2 Å². The van der Waals surface area contributed by atoms with Gasteiger partial charge in [-0.15, -0.1) is 0 Å². The minimum atomic E-state index is -4.18. The average molecular weight is 376 g/mol. The summed E-state index contributed by atoms with van der Waals surface area (Å²) in [5, 5.41) is 9.34. The second-order valence-corrected chi connectivity index (χ2v) is 7.05. The maximum atomic E-state index is 13.4. The van der Waals surface area contributed by atoms with E-state index >= 15 is 0 Å². The van der Waals surface area contributed by atoms with E-state index in [4.69, 9.17) is 16.7 Å². The van der Waals surface area contributed by atoms with Gasteiger partial charge in [-0.05, 0) is 36.2 Å². The average Bonchev–Trinajstić information content (AvgIpc) is 2.51. The molecule has 128 valence electrons. The van der Waals surface area contributed by atoms with Crippen molar-refractivity contribution in [2.45, 2.75) is 11.3 Å². The van der Waals surface area contributed by atoms with Crippen molar-refractivity contribution >= 4 is 27.6 Å². The molecule has 2 N–H and O–H groups in total. The number of nitrogens with one attached hydrogen (secondary N) is 1. The van der Waals surface area contributed by atoms with Gasteiger partial charge in [0, 0.05) is 11.6 Å². The van der Waals surface area contributed by atoms with Crippen LogP contribution in [0.5, 0.6) is 0 Å². The Bertz CT molecular complexity index is 870. The quantitative estimate of drug-likeness (QED) is 0.813. The Balaban J connectivity index is 2.15. The number of carboxylic acids is 1. The third-order valence-electron chi connectivity index (χ3n) is 3.16. The predicted octanol–water partition coefficient (Wildman–Crippen LogP) is 2.84. The summed E-state index contributed by atoms with van der Waals surface area (Å²) in [6, 6.07) is 7.75. The van der Waals surface area contributed by atoms with E-state index in [9.17, 15) is 22.0 Å². The predicted molar refractivity (Wildman–Crippen MR) is 83.7 cm³/mol. The summed E-state index contributed by atoms with van der Waals surface area (Å²) in [4.78, 5) is 10.2. The van der Waals surface area contributed by atoms with Crippen LogP contribution in [0.4, 0.5) is 8.78 Å². The molecule has 0 fully saturated rings. The van der Waals surface area contributed by atoms with Crippen molar-refractivity contribution in [3.8, 4) is 0 Å². The highest BCUT2D eigenvalue weighted by atomic mass is 35.5. The van der Waals surface area contributed by atoms with E-state index in [0.717, 1.165) is 5.56 Å². The molecule has 0 bridgehead atoms. The van der Waals surface area contributed by atoms with Gasteiger partial charge < -0.3 is 5.11 Å². The molecule has 0 heterocycles. The third kappa shape index (κ3) is 4.28. The van der Waals surface area contributed by atoms with Crippen LogP contribution in [0, 0.1) is 11.6 Å². The first-order valence-corrected chi connectivity index (χ1v) is 8.53. The third-order valence-corrected chi connectivity index (χ3v) is 4.85. The number of sulfonamides is 1. The molecule has 0 spiro atoms. The largest absolute Gasteiger partial charge is 0.478 e. The summed E-state index contributed by atoms with van der Waals surface area (Å²) in [6.07, 6.45) is 0.339. The molecule has 0 radical (unpaired) electrons. The fourth-order valence-electron chi connectivity index (χ4n) is 1.94. The lowest BCUT2D eigenvalue weighted by Crippen LogP contribution is -2.26. The Hall–Kier alpha value is -2.03. The van der Waals surface area contributed by atoms with E-state index in [-0.39, 0.29) is 6.54 Å². The zero-order valence-corrected chi connectivity index (χ0v) is 13.7. The number of rotatable bonds is 6. The van der Waals surface area contributed by atoms with Crippen LogP contribution < -0.4 is 4.72 Å². The molecule has 2 rings (SSSR count). The zero-order chi connectivity index (χ0) is 17.9. The van der Waals surface area contributed by atoms with Gasteiger partial charge in [0.15, 0.2) is 11.6 Å². The van der Waals surface area contributed by atoms with E-state index in [1.54, 1.807) is 24.3 Å². The summed E-state index contributed by atoms with van der Waals surface area (Å²) >= 11 is 5.74. The molecule has 0 aliphatic rings. The van der Waals surface area contributed by atoms with Crippen LogP contribution >= 0.6 is 11.6 Å². The minimum Gasteiger partial charge on any atom is -0.478 e. The molecule has 0 saturated carbocycles. The first-order chi connectivity index (χ1) is 11.2. The smallest absolute Gasteiger partial charge is 0.338 e. The van der Waals surface area contributed by atoms with Gasteiger partial charge in [0.2, 0.25) is 10.0 Å². The van der Waals surface area contributed by atoms with Gasteiger partial charge >= 0.3 is 5.97 Å². The maximum Gasteiger partial charge on any atom is 0.338 e. The number of hydrogen-bond donors (Lipinski definition) is 2. The van der Waals surface area contributed by atoms with Crippen LogP contribution in [0.2, 0.25) is 5.02 Å². The van der Waals surface area contributed by atoms with Crippen LogP contribution in [0.1, 0.15) is 15.9 Å². The molecule has 0 aromatic heterocycles. The summed E-state index contributed by atoms with van der Waals surface area (Å²) in [5.41, 5.74) is -0.230. The van der Waals surface area contributed by atoms with Gasteiger partial charge in [0.05, 0.1) is 10.5 Å². The Morgan fingerprint density at radius 1 is 1.17 bits per heavy atom. The maximum absolute atomic E-state index is 13.4. The van der Waals surface area contributed by atoms with Crippen LogP contribution in [0.3, 0.4) is 0 Å². The Labute approximate surface area is 141 Å². The molecule has 0 aliphatic heterocycles. The second-order valence-electron chi connectivity index (χ2n) is 4.85. The van der Waals surface area contributed by atoms with Crippen molar-refractivity contribution in [1.29, 1.82) is 0 Å². The molecule has 9 heteroatoms. The van der Waals surface area contributed by atoms with Crippen LogP contribution in [0.25, 0.3) is 0 Å². The molecular weight excluding hydrogens is 364 g/mol. The van der Waals surface area contributed by atoms with Gasteiger partial charge in [-0.1, -0.05) is 23.7 Å². The minimum absolute atomic E-state index is 0.00857. The normalized spacial score (nSPS) is 11.5. The molecule has 0 atom stereocenters. The number of benzene rings is 2. The summed E-state index contributed by atoms with van der Waals surface area (Å²) < 4.78 is 53.2. The van der Waals surface area contributed by atoms with E-state index in [1.165, 1.54) is 0 Å². The Kier molecular flexibility index (Phi) is 5.53. The van der Waals surface area contributed by atoms with E-state index in [1.807, 2.05) is 0 Å². The molecule has 24 heavy (non-hydrogen) atoms. The monoisotopic (exact) mass is 375 g/mol. The molecule has 2 aromatic carbocycles. The van der Waals surface area contributed by atoms with Gasteiger partial charge in [-0.3, -0.25) is 0 Å². The number of halogens is 3. The molecule has 0 unspecified atom stereocenters. The van der Waals surface area contributed by atoms with Crippen LogP contribution in [-0.4, -0.2) is 26.0 Å². The highest BCUT2D eigenvalue weighted by Gasteiger charge is 2.22. The number of aromatic carboxylic acids is 1. The standard InChI is InChI=1S/C15H12ClF2NO4S/c16-10-3-1-9(2-4-10)5-6-19-24(22,23)11-7-12(15(20)21)14(18)13(17)8-11/h1-4,7-8,19H,5-6H2,(H,20,21). The molecule has 0 amide bonds. The number of carbonyl (C=O) groups is 1. The lowest BCUT2D eigenvalue weighted by Gasteiger charge is -2.09. The van der Waals surface area contributed by atoms with Crippen molar-refractivity contribution < 1.29 is 27.1 Å². The van der Waals surface area contributed by atoms with Gasteiger partial charge in [-0.2, -0.15) is 0 Å². The second kappa shape index (κ2) is 7.25. The fraction of sp³-hybridized carbons (Fsp3) is 0.133. The van der Waals surface area contributed by atoms with E-state index in [2.05, 4.69) is 4.72 Å². The molecule has 0 aliphatic carbocycles. The highest BCUT2D eigenvalue weighted by Crippen LogP contribution is 2.19. The molecule has 0 saturated heterocycles. The van der Waals surface area contributed by atoms with Gasteiger partial charge in [0.1, 0.15) is 0 Å². The Morgan fingerprint density at radius 3 is 2.38 bits per heavy atom. The molecular formula is C15H12ClF2NO4S. The van der Waals surface area contributed by atoms with Crippen LogP contribution in [0.15, 0.2) is 41.3 Å². The first-order valence-electron chi connectivity index (χ1n) is 6.67. The molecule has 5 nitrogen and oxygen atoms in total. The summed E-state index contributed by atoms with van der Waals surface area (Å²) in [6.45, 7) is -0.00857. The summed E-state index contributed by atoms with van der Waals surface area (Å²) in [5.74, 6) is -4.92. The summed E-state index contributed by atoms with van der Waals surface area (Å²) in [7, 11) is -4.18. The van der Waals surface area contributed by atoms with Crippen molar-refractivity contribution in [3.63, 3.8) is 0 Å². The van der Waals surface area contributed by atoms with E-state index in [0.29, 0.717) is 23.6 Å². The lowest BCUT2D eigenvalue weighted by atomic mass is 10.2. The van der Waals surface area contributed by atoms with Crippen molar-refractivity contribution in [2.75, 3.05) is 6.54 Å². The Morgan fingerprint density at radius 2 is 1.79 bits per heavy atom. The van der Waals surface area contributed by atoms with Crippen molar-refractivity contribution in [1.82, 2.24) is 4.72 Å². The van der Waals surface area contributed by atoms with Crippen molar-refractivity contribution in [2.24, 2.45) is 0 Å². The first kappa shape index (κ1) is 18.3. The van der Waals surface area contributed by atoms with Crippen LogP contribution in [-0.2, 0) is 16.4 Å². The molecule has 2 aromatic rings.